The Bertz CT molecular complexity index is 412. The summed E-state index contributed by atoms with van der Waals surface area (Å²) in [6.07, 6.45) is 1.78. The summed E-state index contributed by atoms with van der Waals surface area (Å²) in [5, 5.41) is 8.98. The molecule has 0 heterocycles. The lowest BCUT2D eigenvalue weighted by atomic mass is 9.98. The van der Waals surface area contributed by atoms with Gasteiger partial charge in [0.05, 0.1) is 4.99 Å². The van der Waals surface area contributed by atoms with Crippen molar-refractivity contribution in [3.63, 3.8) is 0 Å². The number of benzene rings is 1. The van der Waals surface area contributed by atoms with Crippen LogP contribution in [0.15, 0.2) is 35.9 Å². The fraction of sp³-hybridized carbons (Fsp3) is 0.167. The van der Waals surface area contributed by atoms with Crippen LogP contribution in [0.25, 0.3) is 6.08 Å². The molecule has 3 N–H and O–H groups in total. The Balaban J connectivity index is 3.00. The van der Waals surface area contributed by atoms with Gasteiger partial charge in [0.15, 0.2) is 0 Å². The van der Waals surface area contributed by atoms with E-state index in [1.54, 1.807) is 13.0 Å². The van der Waals surface area contributed by atoms with Crippen LogP contribution < -0.4 is 5.73 Å². The molecule has 0 aromatic heterocycles. The zero-order valence-corrected chi connectivity index (χ0v) is 9.70. The Labute approximate surface area is 99.6 Å². The van der Waals surface area contributed by atoms with Gasteiger partial charge in [-0.15, -0.1) is 0 Å². The Morgan fingerprint density at radius 2 is 2.00 bits per heavy atom. The van der Waals surface area contributed by atoms with Crippen LogP contribution in [0.1, 0.15) is 12.5 Å². The molecular formula is C12H13NO2S. The first kappa shape index (κ1) is 12.4. The van der Waals surface area contributed by atoms with Crippen LogP contribution >= 0.6 is 12.2 Å². The number of carboxylic acids is 1. The van der Waals surface area contributed by atoms with Gasteiger partial charge in [-0.05, 0) is 12.5 Å². The van der Waals surface area contributed by atoms with Crippen molar-refractivity contribution >= 4 is 29.3 Å². The number of carbonyl (C=O) groups is 1. The number of carboxylic acid groups (broad SMARTS) is 1. The summed E-state index contributed by atoms with van der Waals surface area (Å²) >= 11 is 4.74. The monoisotopic (exact) mass is 235 g/mol. The number of hydrogen-bond acceptors (Lipinski definition) is 2. The molecule has 84 valence electrons. The van der Waals surface area contributed by atoms with Gasteiger partial charge in [-0.2, -0.15) is 0 Å². The van der Waals surface area contributed by atoms with Crippen LogP contribution in [0.5, 0.6) is 0 Å². The van der Waals surface area contributed by atoms with Gasteiger partial charge in [-0.1, -0.05) is 54.2 Å². The average molecular weight is 235 g/mol. The summed E-state index contributed by atoms with van der Waals surface area (Å²) in [6.45, 7) is 1.71. The van der Waals surface area contributed by atoms with Gasteiger partial charge >= 0.3 is 5.97 Å². The van der Waals surface area contributed by atoms with E-state index in [2.05, 4.69) is 0 Å². The van der Waals surface area contributed by atoms with E-state index in [-0.39, 0.29) is 4.99 Å². The highest BCUT2D eigenvalue weighted by molar-refractivity contribution is 7.80. The van der Waals surface area contributed by atoms with E-state index >= 15 is 0 Å². The molecule has 1 aromatic rings. The largest absolute Gasteiger partial charge is 0.480 e. The smallest absolute Gasteiger partial charge is 0.317 e. The normalized spacial score (nSPS) is 13.2. The minimum Gasteiger partial charge on any atom is -0.480 e. The maximum atomic E-state index is 11.0. The first-order valence-electron chi connectivity index (χ1n) is 4.77. The third-order valence-electron chi connectivity index (χ3n) is 2.18. The summed E-state index contributed by atoms with van der Waals surface area (Å²) in [7, 11) is 0. The predicted molar refractivity (Wildman–Crippen MR) is 68.0 cm³/mol. The molecule has 0 radical (unpaired) electrons. The van der Waals surface area contributed by atoms with Gasteiger partial charge in [0, 0.05) is 0 Å². The molecule has 16 heavy (non-hydrogen) atoms. The van der Waals surface area contributed by atoms with Crippen molar-refractivity contribution in [3.8, 4) is 0 Å². The van der Waals surface area contributed by atoms with Crippen LogP contribution in [-0.4, -0.2) is 16.1 Å². The molecule has 0 saturated heterocycles. The zero-order valence-electron chi connectivity index (χ0n) is 8.88. The molecular weight excluding hydrogens is 222 g/mol. The molecule has 0 aliphatic rings. The van der Waals surface area contributed by atoms with Gasteiger partial charge in [-0.25, -0.2) is 0 Å². The molecule has 0 fully saturated rings. The minimum absolute atomic E-state index is 0.0165. The molecule has 0 aliphatic carbocycles. The second kappa shape index (κ2) is 5.42. The second-order valence-electron chi connectivity index (χ2n) is 3.47. The van der Waals surface area contributed by atoms with Gasteiger partial charge in [0.2, 0.25) is 0 Å². The van der Waals surface area contributed by atoms with Crippen molar-refractivity contribution in [3.05, 3.63) is 41.5 Å². The van der Waals surface area contributed by atoms with Crippen molar-refractivity contribution in [1.29, 1.82) is 0 Å². The van der Waals surface area contributed by atoms with Gasteiger partial charge in [0.1, 0.15) is 5.92 Å². The highest BCUT2D eigenvalue weighted by Crippen LogP contribution is 2.15. The minimum atomic E-state index is -1.02. The quantitative estimate of drug-likeness (QED) is 0.784. The predicted octanol–water partition coefficient (Wildman–Crippen LogP) is 2.08. The summed E-state index contributed by atoms with van der Waals surface area (Å²) in [5.41, 5.74) is 6.97. The van der Waals surface area contributed by atoms with Crippen molar-refractivity contribution in [2.45, 2.75) is 6.92 Å². The third kappa shape index (κ3) is 3.17. The SMILES string of the molecule is C/C(=C\c1ccccc1)C(C(=O)O)C(N)=S. The van der Waals surface area contributed by atoms with Crippen LogP contribution in [0.3, 0.4) is 0 Å². The maximum absolute atomic E-state index is 11.0. The topological polar surface area (TPSA) is 63.3 Å². The van der Waals surface area contributed by atoms with Crippen LogP contribution in [-0.2, 0) is 4.79 Å². The van der Waals surface area contributed by atoms with E-state index < -0.39 is 11.9 Å². The lowest BCUT2D eigenvalue weighted by Gasteiger charge is -2.11. The number of nitrogens with two attached hydrogens (primary N) is 1. The number of hydrogen-bond donors (Lipinski definition) is 2. The molecule has 0 amide bonds. The molecule has 1 unspecified atom stereocenters. The summed E-state index contributed by atoms with van der Waals surface area (Å²) < 4.78 is 0. The number of rotatable bonds is 4. The highest BCUT2D eigenvalue weighted by Gasteiger charge is 2.22. The number of aliphatic carboxylic acids is 1. The van der Waals surface area contributed by atoms with Gasteiger partial charge in [0.25, 0.3) is 0 Å². The highest BCUT2D eigenvalue weighted by atomic mass is 32.1. The first-order valence-corrected chi connectivity index (χ1v) is 5.18. The third-order valence-corrected chi connectivity index (χ3v) is 2.42. The molecule has 0 saturated carbocycles. The van der Waals surface area contributed by atoms with Crippen molar-refractivity contribution in [2.75, 3.05) is 0 Å². The maximum Gasteiger partial charge on any atom is 0.317 e. The van der Waals surface area contributed by atoms with E-state index in [0.29, 0.717) is 5.57 Å². The van der Waals surface area contributed by atoms with Crippen LogP contribution in [0, 0.1) is 5.92 Å². The van der Waals surface area contributed by atoms with Gasteiger partial charge < -0.3 is 10.8 Å². The molecule has 1 atom stereocenters. The molecule has 0 bridgehead atoms. The summed E-state index contributed by atoms with van der Waals surface area (Å²) in [4.78, 5) is 10.9. The molecule has 0 aliphatic heterocycles. The molecule has 4 heteroatoms. The molecule has 3 nitrogen and oxygen atoms in total. The first-order chi connectivity index (χ1) is 7.52. The lowest BCUT2D eigenvalue weighted by Crippen LogP contribution is -2.29. The van der Waals surface area contributed by atoms with E-state index in [9.17, 15) is 4.79 Å². The van der Waals surface area contributed by atoms with Gasteiger partial charge in [-0.3, -0.25) is 4.79 Å². The molecule has 1 aromatic carbocycles. The Morgan fingerprint density at radius 3 is 2.44 bits per heavy atom. The number of thiocarbonyl (C=S) groups is 1. The van der Waals surface area contributed by atoms with Crippen LogP contribution in [0.2, 0.25) is 0 Å². The van der Waals surface area contributed by atoms with E-state index in [0.717, 1.165) is 5.56 Å². The standard InChI is InChI=1S/C12H13NO2S/c1-8(10(11(13)16)12(14)15)7-9-5-3-2-4-6-9/h2-7,10H,1H3,(H2,13,16)(H,14,15)/b8-7+. The van der Waals surface area contributed by atoms with Crippen molar-refractivity contribution < 1.29 is 9.90 Å². The van der Waals surface area contributed by atoms with Crippen molar-refractivity contribution in [1.82, 2.24) is 0 Å². The molecule has 0 spiro atoms. The molecule has 1 rings (SSSR count). The lowest BCUT2D eigenvalue weighted by molar-refractivity contribution is -0.138. The van der Waals surface area contributed by atoms with Crippen LogP contribution in [0.4, 0.5) is 0 Å². The zero-order chi connectivity index (χ0) is 12.1. The Morgan fingerprint density at radius 1 is 1.44 bits per heavy atom. The van der Waals surface area contributed by atoms with Crippen molar-refractivity contribution in [2.24, 2.45) is 11.7 Å². The fourth-order valence-electron chi connectivity index (χ4n) is 1.44. The van der Waals surface area contributed by atoms with E-state index in [1.165, 1.54) is 0 Å². The average Bonchev–Trinajstić information content (AvgIpc) is 2.17. The van der Waals surface area contributed by atoms with E-state index in [1.807, 2.05) is 30.3 Å². The summed E-state index contributed by atoms with van der Waals surface area (Å²) in [6, 6.07) is 9.45. The van der Waals surface area contributed by atoms with E-state index in [4.69, 9.17) is 23.1 Å². The Kier molecular flexibility index (Phi) is 4.19. The summed E-state index contributed by atoms with van der Waals surface area (Å²) in [5.74, 6) is -1.91. The second-order valence-corrected chi connectivity index (χ2v) is 3.94. The Hall–Kier alpha value is -1.68. The fourth-order valence-corrected chi connectivity index (χ4v) is 1.72.